The molecule has 2 atom stereocenters. The zero-order chi connectivity index (χ0) is 16.7. The van der Waals surface area contributed by atoms with Gasteiger partial charge in [-0.3, -0.25) is 9.48 Å². The van der Waals surface area contributed by atoms with Gasteiger partial charge >= 0.3 is 0 Å². The Morgan fingerprint density at radius 3 is 2.92 bits per heavy atom. The first-order chi connectivity index (χ1) is 11.7. The molecule has 25 heavy (non-hydrogen) atoms. The number of aromatic nitrogens is 2. The van der Waals surface area contributed by atoms with Gasteiger partial charge in [-0.25, -0.2) is 0 Å². The lowest BCUT2D eigenvalue weighted by atomic mass is 9.99. The minimum absolute atomic E-state index is 0. The molecule has 1 aromatic heterocycles. The van der Waals surface area contributed by atoms with E-state index in [1.54, 1.807) is 7.11 Å². The molecule has 2 unspecified atom stereocenters. The van der Waals surface area contributed by atoms with Crippen LogP contribution in [0.1, 0.15) is 42.1 Å². The van der Waals surface area contributed by atoms with Crippen LogP contribution in [0.2, 0.25) is 0 Å². The summed E-state index contributed by atoms with van der Waals surface area (Å²) in [6, 6.07) is 8.48. The van der Waals surface area contributed by atoms with Gasteiger partial charge in [-0.1, -0.05) is 18.2 Å². The number of fused-ring (bicyclic) bond motifs is 4. The highest BCUT2D eigenvalue weighted by Gasteiger charge is 2.43. The fraction of sp³-hybridized carbons (Fsp3) is 0.474. The summed E-state index contributed by atoms with van der Waals surface area (Å²) in [7, 11) is 3.63. The van der Waals surface area contributed by atoms with Crippen LogP contribution in [0.3, 0.4) is 0 Å². The number of amides is 1. The van der Waals surface area contributed by atoms with Gasteiger partial charge in [0.25, 0.3) is 0 Å². The van der Waals surface area contributed by atoms with E-state index in [9.17, 15) is 4.79 Å². The third-order valence-corrected chi connectivity index (χ3v) is 5.32. The summed E-state index contributed by atoms with van der Waals surface area (Å²) in [4.78, 5) is 15.0. The van der Waals surface area contributed by atoms with Gasteiger partial charge in [-0.05, 0) is 30.9 Å². The van der Waals surface area contributed by atoms with E-state index in [1.165, 1.54) is 11.3 Å². The lowest BCUT2D eigenvalue weighted by molar-refractivity contribution is -0.134. The molecule has 134 valence electrons. The molecule has 0 radical (unpaired) electrons. The maximum absolute atomic E-state index is 12.9. The minimum Gasteiger partial charge on any atom is -0.496 e. The van der Waals surface area contributed by atoms with Gasteiger partial charge in [0.15, 0.2) is 0 Å². The van der Waals surface area contributed by atoms with Crippen molar-refractivity contribution in [2.24, 2.45) is 7.05 Å². The molecule has 2 bridgehead atoms. The van der Waals surface area contributed by atoms with E-state index < -0.39 is 0 Å². The average Bonchev–Trinajstić information content (AvgIpc) is 3.13. The lowest BCUT2D eigenvalue weighted by Crippen LogP contribution is -2.41. The Labute approximate surface area is 154 Å². The van der Waals surface area contributed by atoms with Crippen LogP contribution in [0.15, 0.2) is 30.5 Å². The second kappa shape index (κ2) is 7.08. The highest BCUT2D eigenvalue weighted by Crippen LogP contribution is 2.43. The van der Waals surface area contributed by atoms with Crippen LogP contribution in [0.5, 0.6) is 5.75 Å². The second-order valence-corrected chi connectivity index (χ2v) is 6.77. The summed E-state index contributed by atoms with van der Waals surface area (Å²) < 4.78 is 7.27. The minimum atomic E-state index is 0. The maximum Gasteiger partial charge on any atom is 0.223 e. The Hall–Kier alpha value is -2.01. The first-order valence-electron chi connectivity index (χ1n) is 8.63. The van der Waals surface area contributed by atoms with Crippen molar-refractivity contribution in [1.82, 2.24) is 14.7 Å². The SMILES string of the molecule is COc1ccccc1CCC(=O)N1C2CCC1c1cn(C)nc1C2.Cl. The summed E-state index contributed by atoms with van der Waals surface area (Å²) in [6.07, 6.45) is 6.38. The quantitative estimate of drug-likeness (QED) is 0.840. The largest absolute Gasteiger partial charge is 0.496 e. The Bertz CT molecular complexity index is 774. The van der Waals surface area contributed by atoms with Crippen LogP contribution in [-0.4, -0.2) is 33.7 Å². The maximum atomic E-state index is 12.9. The molecule has 0 spiro atoms. The van der Waals surface area contributed by atoms with Crippen molar-refractivity contribution < 1.29 is 9.53 Å². The van der Waals surface area contributed by atoms with Crippen LogP contribution in [0, 0.1) is 0 Å². The first-order valence-corrected chi connectivity index (χ1v) is 8.63. The summed E-state index contributed by atoms with van der Waals surface area (Å²) in [5, 5.41) is 4.56. The number of ether oxygens (including phenoxy) is 1. The van der Waals surface area contributed by atoms with Crippen LogP contribution >= 0.6 is 12.4 Å². The zero-order valence-corrected chi connectivity index (χ0v) is 15.5. The number of para-hydroxylation sites is 1. The van der Waals surface area contributed by atoms with E-state index in [0.29, 0.717) is 12.5 Å². The first kappa shape index (κ1) is 17.8. The standard InChI is InChI=1S/C19H23N3O2.ClH/c1-21-12-15-16(20-21)11-14-8-9-17(15)22(14)19(23)10-7-13-5-3-4-6-18(13)24-2;/h3-6,12,14,17H,7-11H2,1-2H3;1H. The third-order valence-electron chi connectivity index (χ3n) is 5.32. The molecule has 0 saturated carbocycles. The summed E-state index contributed by atoms with van der Waals surface area (Å²) in [5.41, 5.74) is 3.52. The van der Waals surface area contributed by atoms with E-state index in [-0.39, 0.29) is 24.4 Å². The van der Waals surface area contributed by atoms with E-state index >= 15 is 0 Å². The molecule has 1 aromatic carbocycles. The monoisotopic (exact) mass is 361 g/mol. The molecule has 3 heterocycles. The van der Waals surface area contributed by atoms with Gasteiger partial charge in [-0.2, -0.15) is 5.10 Å². The van der Waals surface area contributed by atoms with E-state index in [0.717, 1.165) is 37.0 Å². The number of nitrogens with zero attached hydrogens (tertiary/aromatic N) is 3. The van der Waals surface area contributed by atoms with Crippen LogP contribution in [0.4, 0.5) is 0 Å². The van der Waals surface area contributed by atoms with Crippen molar-refractivity contribution in [3.63, 3.8) is 0 Å². The molecule has 6 heteroatoms. The molecule has 1 fully saturated rings. The molecular formula is C19H24ClN3O2. The van der Waals surface area contributed by atoms with Gasteiger partial charge in [0.05, 0.1) is 18.8 Å². The zero-order valence-electron chi connectivity index (χ0n) is 14.6. The Balaban J connectivity index is 0.00000182. The number of benzene rings is 1. The van der Waals surface area contributed by atoms with Crippen molar-refractivity contribution >= 4 is 18.3 Å². The Kier molecular flexibility index (Phi) is 5.04. The van der Waals surface area contributed by atoms with E-state index in [2.05, 4.69) is 16.2 Å². The highest BCUT2D eigenvalue weighted by atomic mass is 35.5. The topological polar surface area (TPSA) is 47.4 Å². The molecular weight excluding hydrogens is 338 g/mol. The second-order valence-electron chi connectivity index (χ2n) is 6.77. The van der Waals surface area contributed by atoms with Gasteiger partial charge < -0.3 is 9.64 Å². The number of halogens is 1. The number of carbonyl (C=O) groups excluding carboxylic acids is 1. The molecule has 1 saturated heterocycles. The predicted octanol–water partition coefficient (Wildman–Crippen LogP) is 3.07. The number of methoxy groups -OCH3 is 1. The molecule has 1 amide bonds. The average molecular weight is 362 g/mol. The number of hydrogen-bond donors (Lipinski definition) is 0. The van der Waals surface area contributed by atoms with E-state index in [1.807, 2.05) is 36.0 Å². The van der Waals surface area contributed by atoms with Crippen LogP contribution in [-0.2, 0) is 24.7 Å². The predicted molar refractivity (Wildman–Crippen MR) is 98.1 cm³/mol. The Morgan fingerprint density at radius 1 is 1.32 bits per heavy atom. The van der Waals surface area contributed by atoms with Gasteiger partial charge in [-0.15, -0.1) is 12.4 Å². The van der Waals surface area contributed by atoms with Crippen molar-refractivity contribution in [2.75, 3.05) is 7.11 Å². The third kappa shape index (κ3) is 3.13. The van der Waals surface area contributed by atoms with Crippen molar-refractivity contribution in [3.8, 4) is 5.75 Å². The van der Waals surface area contributed by atoms with Crippen molar-refractivity contribution in [1.29, 1.82) is 0 Å². The van der Waals surface area contributed by atoms with E-state index in [4.69, 9.17) is 4.74 Å². The normalized spacial score (nSPS) is 20.8. The molecule has 0 N–H and O–H groups in total. The molecule has 2 aliphatic heterocycles. The summed E-state index contributed by atoms with van der Waals surface area (Å²) in [6.45, 7) is 0. The molecule has 2 aromatic rings. The number of hydrogen-bond acceptors (Lipinski definition) is 3. The van der Waals surface area contributed by atoms with Crippen LogP contribution < -0.4 is 4.74 Å². The van der Waals surface area contributed by atoms with Gasteiger partial charge in [0, 0.05) is 37.7 Å². The van der Waals surface area contributed by atoms with Gasteiger partial charge in [0.1, 0.15) is 5.75 Å². The number of rotatable bonds is 4. The summed E-state index contributed by atoms with van der Waals surface area (Å²) in [5.74, 6) is 1.12. The van der Waals surface area contributed by atoms with Gasteiger partial charge in [0.2, 0.25) is 5.91 Å². The molecule has 0 aliphatic carbocycles. The van der Waals surface area contributed by atoms with Crippen molar-refractivity contribution in [3.05, 3.63) is 47.3 Å². The van der Waals surface area contributed by atoms with Crippen LogP contribution in [0.25, 0.3) is 0 Å². The highest BCUT2D eigenvalue weighted by molar-refractivity contribution is 5.85. The Morgan fingerprint density at radius 2 is 2.12 bits per heavy atom. The fourth-order valence-corrected chi connectivity index (χ4v) is 4.26. The fourth-order valence-electron chi connectivity index (χ4n) is 4.26. The summed E-state index contributed by atoms with van der Waals surface area (Å²) >= 11 is 0. The lowest BCUT2D eigenvalue weighted by Gasteiger charge is -2.34. The number of aryl methyl sites for hydroxylation is 2. The molecule has 2 aliphatic rings. The smallest absolute Gasteiger partial charge is 0.223 e. The number of carbonyl (C=O) groups is 1. The molecule has 5 nitrogen and oxygen atoms in total. The van der Waals surface area contributed by atoms with Crippen molar-refractivity contribution in [2.45, 2.75) is 44.2 Å². The molecule has 4 rings (SSSR count).